The number of carbonyl (C=O) groups is 1. The zero-order chi connectivity index (χ0) is 19.5. The fourth-order valence-electron chi connectivity index (χ4n) is 3.67. The molecule has 1 aliphatic rings. The third kappa shape index (κ3) is 3.29. The highest BCUT2D eigenvalue weighted by Crippen LogP contribution is 2.44. The molecule has 0 aromatic heterocycles. The van der Waals surface area contributed by atoms with Gasteiger partial charge in [0, 0.05) is 0 Å². The number of hydrogen-bond acceptors (Lipinski definition) is 3. The van der Waals surface area contributed by atoms with E-state index in [1.165, 1.54) is 0 Å². The molecule has 4 rings (SSSR count). The van der Waals surface area contributed by atoms with Gasteiger partial charge in [-0.2, -0.15) is 5.10 Å². The second-order valence-corrected chi connectivity index (χ2v) is 6.74. The molecular weight excluding hydrogens is 348 g/mol. The van der Waals surface area contributed by atoms with E-state index < -0.39 is 0 Å². The number of amides is 1. The van der Waals surface area contributed by atoms with Crippen molar-refractivity contribution in [1.29, 1.82) is 0 Å². The summed E-state index contributed by atoms with van der Waals surface area (Å²) < 4.78 is 5.46. The molecule has 0 radical (unpaired) electrons. The van der Waals surface area contributed by atoms with Crippen LogP contribution in [0.5, 0.6) is 5.75 Å². The first kappa shape index (κ1) is 18.0. The predicted octanol–water partition coefficient (Wildman–Crippen LogP) is 4.74. The summed E-state index contributed by atoms with van der Waals surface area (Å²) in [5, 5.41) is 4.34. The first-order chi connectivity index (χ1) is 13.7. The summed E-state index contributed by atoms with van der Waals surface area (Å²) in [5.74, 6) is 0.356. The SMILES string of the molecule is CCOc1ccc(/C(C)=N\NC(=O)C2c3ccccc3-c3ccccc32)cc1. The summed E-state index contributed by atoms with van der Waals surface area (Å²) in [4.78, 5) is 13.0. The van der Waals surface area contributed by atoms with Crippen molar-refractivity contribution in [3.05, 3.63) is 89.5 Å². The largest absolute Gasteiger partial charge is 0.494 e. The van der Waals surface area contributed by atoms with Crippen LogP contribution in [0.4, 0.5) is 0 Å². The van der Waals surface area contributed by atoms with Gasteiger partial charge in [0.15, 0.2) is 0 Å². The standard InChI is InChI=1S/C24H22N2O2/c1-3-28-18-14-12-17(13-15-18)16(2)25-26-24(27)23-21-10-6-4-8-19(21)20-9-5-7-11-22(20)23/h4-15,23H,3H2,1-2H3,(H,26,27)/b25-16-. The molecule has 0 bridgehead atoms. The highest BCUT2D eigenvalue weighted by atomic mass is 16.5. The summed E-state index contributed by atoms with van der Waals surface area (Å²) >= 11 is 0. The molecule has 0 unspecified atom stereocenters. The van der Waals surface area contributed by atoms with Crippen molar-refractivity contribution in [2.45, 2.75) is 19.8 Å². The van der Waals surface area contributed by atoms with E-state index >= 15 is 0 Å². The van der Waals surface area contributed by atoms with Gasteiger partial charge >= 0.3 is 0 Å². The molecule has 1 aliphatic carbocycles. The van der Waals surface area contributed by atoms with Gasteiger partial charge in [0.2, 0.25) is 0 Å². The molecule has 0 aliphatic heterocycles. The van der Waals surface area contributed by atoms with E-state index in [2.05, 4.69) is 22.7 Å². The second-order valence-electron chi connectivity index (χ2n) is 6.74. The Morgan fingerprint density at radius 1 is 0.929 bits per heavy atom. The summed E-state index contributed by atoms with van der Waals surface area (Å²) in [7, 11) is 0. The first-order valence-electron chi connectivity index (χ1n) is 9.44. The van der Waals surface area contributed by atoms with Crippen molar-refractivity contribution in [2.24, 2.45) is 5.10 Å². The third-order valence-electron chi connectivity index (χ3n) is 5.01. The van der Waals surface area contributed by atoms with Crippen LogP contribution in [0.25, 0.3) is 11.1 Å². The highest BCUT2D eigenvalue weighted by Gasteiger charge is 2.33. The number of hydrazone groups is 1. The molecule has 0 saturated heterocycles. The third-order valence-corrected chi connectivity index (χ3v) is 5.01. The van der Waals surface area contributed by atoms with Crippen molar-refractivity contribution in [2.75, 3.05) is 6.61 Å². The van der Waals surface area contributed by atoms with Crippen LogP contribution >= 0.6 is 0 Å². The Balaban J connectivity index is 1.56. The number of hydrogen-bond donors (Lipinski definition) is 1. The molecule has 28 heavy (non-hydrogen) atoms. The fraction of sp³-hybridized carbons (Fsp3) is 0.167. The van der Waals surface area contributed by atoms with Gasteiger partial charge in [0.05, 0.1) is 18.2 Å². The molecule has 0 fully saturated rings. The second kappa shape index (κ2) is 7.69. The van der Waals surface area contributed by atoms with Gasteiger partial charge in [-0.3, -0.25) is 4.79 Å². The Hall–Kier alpha value is -3.40. The Labute approximate surface area is 164 Å². The zero-order valence-corrected chi connectivity index (χ0v) is 16.0. The molecule has 0 spiro atoms. The lowest BCUT2D eigenvalue weighted by Crippen LogP contribution is -2.26. The van der Waals surface area contributed by atoms with E-state index in [4.69, 9.17) is 4.74 Å². The monoisotopic (exact) mass is 370 g/mol. The maximum Gasteiger partial charge on any atom is 0.252 e. The van der Waals surface area contributed by atoms with Crippen LogP contribution < -0.4 is 10.2 Å². The molecule has 140 valence electrons. The molecule has 4 nitrogen and oxygen atoms in total. The van der Waals surface area contributed by atoms with Crippen LogP contribution in [0.15, 0.2) is 77.9 Å². The average Bonchev–Trinajstić information content (AvgIpc) is 3.07. The van der Waals surface area contributed by atoms with Gasteiger partial charge < -0.3 is 4.74 Å². The number of ether oxygens (including phenoxy) is 1. The van der Waals surface area contributed by atoms with Crippen molar-refractivity contribution in [3.8, 4) is 16.9 Å². The smallest absolute Gasteiger partial charge is 0.252 e. The van der Waals surface area contributed by atoms with E-state index in [0.717, 1.165) is 39.3 Å². The van der Waals surface area contributed by atoms with Crippen molar-refractivity contribution >= 4 is 11.6 Å². The van der Waals surface area contributed by atoms with E-state index in [1.54, 1.807) is 0 Å². The van der Waals surface area contributed by atoms with Crippen LogP contribution in [-0.2, 0) is 4.79 Å². The molecular formula is C24H22N2O2. The minimum atomic E-state index is -0.343. The van der Waals surface area contributed by atoms with Crippen molar-refractivity contribution in [1.82, 2.24) is 5.43 Å². The molecule has 1 amide bonds. The lowest BCUT2D eigenvalue weighted by atomic mass is 9.96. The predicted molar refractivity (Wildman–Crippen MR) is 112 cm³/mol. The van der Waals surface area contributed by atoms with Gasteiger partial charge in [0.25, 0.3) is 5.91 Å². The van der Waals surface area contributed by atoms with Crippen LogP contribution in [0.2, 0.25) is 0 Å². The van der Waals surface area contributed by atoms with E-state index in [0.29, 0.717) is 6.61 Å². The summed E-state index contributed by atoms with van der Waals surface area (Å²) in [6.45, 7) is 4.47. The van der Waals surface area contributed by atoms with E-state index in [1.807, 2.05) is 74.5 Å². The van der Waals surface area contributed by atoms with Crippen LogP contribution in [0.3, 0.4) is 0 Å². The molecule has 3 aromatic rings. The number of benzene rings is 3. The van der Waals surface area contributed by atoms with E-state index in [9.17, 15) is 4.79 Å². The molecule has 1 N–H and O–H groups in total. The first-order valence-corrected chi connectivity index (χ1v) is 9.44. The Morgan fingerprint density at radius 3 is 2.07 bits per heavy atom. The minimum absolute atomic E-state index is 0.123. The number of fused-ring (bicyclic) bond motifs is 3. The molecule has 0 saturated carbocycles. The summed E-state index contributed by atoms with van der Waals surface area (Å²) in [5.41, 5.74) is 8.73. The fourth-order valence-corrected chi connectivity index (χ4v) is 3.67. The van der Waals surface area contributed by atoms with Crippen LogP contribution in [0.1, 0.15) is 36.5 Å². The molecule has 4 heteroatoms. The Morgan fingerprint density at radius 2 is 1.50 bits per heavy atom. The maximum atomic E-state index is 13.0. The highest BCUT2D eigenvalue weighted by molar-refractivity contribution is 6.01. The van der Waals surface area contributed by atoms with Gasteiger partial charge in [-0.25, -0.2) is 5.43 Å². The van der Waals surface area contributed by atoms with E-state index in [-0.39, 0.29) is 11.8 Å². The van der Waals surface area contributed by atoms with Crippen molar-refractivity contribution in [3.63, 3.8) is 0 Å². The van der Waals surface area contributed by atoms with Gasteiger partial charge in [-0.05, 0) is 65.9 Å². The van der Waals surface area contributed by atoms with Crippen LogP contribution in [0, 0.1) is 0 Å². The maximum absolute atomic E-state index is 13.0. The lowest BCUT2D eigenvalue weighted by Gasteiger charge is -2.12. The van der Waals surface area contributed by atoms with Crippen molar-refractivity contribution < 1.29 is 9.53 Å². The number of nitrogens with zero attached hydrogens (tertiary/aromatic N) is 1. The number of nitrogens with one attached hydrogen (secondary N) is 1. The normalized spacial score (nSPS) is 13.0. The molecule has 3 aromatic carbocycles. The van der Waals surface area contributed by atoms with Crippen LogP contribution in [-0.4, -0.2) is 18.2 Å². The number of rotatable bonds is 5. The Bertz CT molecular complexity index is 993. The summed E-state index contributed by atoms with van der Waals surface area (Å²) in [6.07, 6.45) is 0. The number of carbonyl (C=O) groups excluding carboxylic acids is 1. The molecule has 0 heterocycles. The summed E-state index contributed by atoms with van der Waals surface area (Å²) in [6, 6.07) is 23.8. The lowest BCUT2D eigenvalue weighted by molar-refractivity contribution is -0.121. The minimum Gasteiger partial charge on any atom is -0.494 e. The van der Waals surface area contributed by atoms with Gasteiger partial charge in [-0.15, -0.1) is 0 Å². The average molecular weight is 370 g/mol. The topological polar surface area (TPSA) is 50.7 Å². The van der Waals surface area contributed by atoms with Gasteiger partial charge in [0.1, 0.15) is 5.75 Å². The Kier molecular flexibility index (Phi) is 4.94. The van der Waals surface area contributed by atoms with Gasteiger partial charge in [-0.1, -0.05) is 48.5 Å². The molecule has 0 atom stereocenters. The zero-order valence-electron chi connectivity index (χ0n) is 16.0. The quantitative estimate of drug-likeness (QED) is 0.521.